The number of fused-ring (bicyclic) bond motifs is 1. The Morgan fingerprint density at radius 3 is 2.00 bits per heavy atom. The minimum absolute atomic E-state index is 0.170. The number of anilines is 5. The van der Waals surface area contributed by atoms with Gasteiger partial charge in [0.1, 0.15) is 21.2 Å². The predicted octanol–water partition coefficient (Wildman–Crippen LogP) is 3.42. The number of hydrogen-bond acceptors (Lipinski definition) is 18. The molecule has 284 valence electrons. The van der Waals surface area contributed by atoms with Gasteiger partial charge in [-0.1, -0.05) is 0 Å². The molecule has 0 unspecified atom stereocenters. The fourth-order valence-electron chi connectivity index (χ4n) is 4.99. The lowest BCUT2D eigenvalue weighted by molar-refractivity contribution is 0.122. The Morgan fingerprint density at radius 1 is 0.722 bits per heavy atom. The Kier molecular flexibility index (Phi) is 10.0. The first-order valence-corrected chi connectivity index (χ1v) is 18.9. The monoisotopic (exact) mass is 814 g/mol. The average Bonchev–Trinajstić information content (AvgIpc) is 3.06. The molecule has 0 radical (unpaired) electrons. The van der Waals surface area contributed by atoms with Crippen molar-refractivity contribution in [2.75, 3.05) is 41.8 Å². The van der Waals surface area contributed by atoms with Crippen LogP contribution >= 0.6 is 0 Å². The van der Waals surface area contributed by atoms with Crippen LogP contribution in [0.15, 0.2) is 67.4 Å². The molecule has 1 aliphatic rings. The van der Waals surface area contributed by atoms with Gasteiger partial charge in [-0.2, -0.15) is 63.3 Å². The second kappa shape index (κ2) is 14.3. The number of nitrogens with zero attached hydrogens (tertiary/aromatic N) is 8. The van der Waals surface area contributed by atoms with Gasteiger partial charge in [0.25, 0.3) is 30.4 Å². The van der Waals surface area contributed by atoms with E-state index in [1.807, 2.05) is 0 Å². The van der Waals surface area contributed by atoms with Crippen molar-refractivity contribution in [2.45, 2.75) is 14.7 Å². The summed E-state index contributed by atoms with van der Waals surface area (Å²) in [7, 11) is -15.6. The summed E-state index contributed by atoms with van der Waals surface area (Å²) in [6, 6.07) is 4.96. The van der Waals surface area contributed by atoms with Crippen molar-refractivity contribution in [3.05, 3.63) is 60.4 Å². The van der Waals surface area contributed by atoms with Gasteiger partial charge in [0, 0.05) is 30.2 Å². The van der Waals surface area contributed by atoms with Gasteiger partial charge in [0.2, 0.25) is 29.7 Å². The first-order valence-electron chi connectivity index (χ1n) is 14.6. The van der Waals surface area contributed by atoms with Gasteiger partial charge in [-0.25, -0.2) is 0 Å². The molecule has 6 N–H and O–H groups in total. The van der Waals surface area contributed by atoms with Gasteiger partial charge < -0.3 is 25.4 Å². The standard InChI is InChI=1S/C27H21F3N10O11S3/c28-19-11-20(29)34-25(33-19)31-13-1-2-17(53(45,46)47)15(9-13)38-39-22-18(54(48,49)50)8-12-7-14(52(42,43)44)10-16(21(12)23(22)41)32-26-35-24(30)36-27(37-26)40-3-5-51-6-4-40/h1-2,7-11,41H,3-6H2,(H,31,33,34)(H,42,43,44)(H,45,46,47)(H,48,49,50)(H,32,35,36,37). The molecule has 6 rings (SSSR count). The number of benzene rings is 3. The third kappa shape index (κ3) is 8.40. The number of phenols is 1. The fraction of sp³-hybridized carbons (Fsp3) is 0.148. The molecule has 2 aromatic heterocycles. The molecule has 0 spiro atoms. The molecule has 5 aromatic rings. The summed E-state index contributed by atoms with van der Waals surface area (Å²) in [5.74, 6) is -5.11. The summed E-state index contributed by atoms with van der Waals surface area (Å²) in [6.07, 6.45) is -1.29. The molecule has 1 saturated heterocycles. The highest BCUT2D eigenvalue weighted by atomic mass is 32.2. The second-order valence-corrected chi connectivity index (χ2v) is 15.1. The van der Waals surface area contributed by atoms with Gasteiger partial charge in [0.15, 0.2) is 5.75 Å². The van der Waals surface area contributed by atoms with Crippen molar-refractivity contribution in [3.63, 3.8) is 0 Å². The Balaban J connectivity index is 1.53. The first-order chi connectivity index (χ1) is 25.3. The van der Waals surface area contributed by atoms with Crippen LogP contribution in [0.2, 0.25) is 0 Å². The predicted molar refractivity (Wildman–Crippen MR) is 177 cm³/mol. The van der Waals surface area contributed by atoms with Gasteiger partial charge in [0.05, 0.1) is 23.8 Å². The smallest absolute Gasteiger partial charge is 0.315 e. The van der Waals surface area contributed by atoms with E-state index >= 15 is 0 Å². The van der Waals surface area contributed by atoms with E-state index in [1.54, 1.807) is 0 Å². The maximum Gasteiger partial charge on any atom is 0.315 e. The molecule has 54 heavy (non-hydrogen) atoms. The third-order valence-corrected chi connectivity index (χ3v) is 9.85. The molecule has 0 saturated carbocycles. The molecule has 0 bridgehead atoms. The SMILES string of the molecule is O=S(=O)(O)c1cc(Nc2nc(F)nc(N3CCOCC3)n2)c2c(O)c(N=Nc3cc(Nc4nc(F)cc(F)n4)ccc3S(=O)(=O)O)c(S(=O)(=O)O)cc2c1. The van der Waals surface area contributed by atoms with E-state index < -0.39 is 108 Å². The van der Waals surface area contributed by atoms with E-state index in [2.05, 4.69) is 45.8 Å². The lowest BCUT2D eigenvalue weighted by Crippen LogP contribution is -2.37. The summed E-state index contributed by atoms with van der Waals surface area (Å²) in [5.41, 5.74) is -2.60. The summed E-state index contributed by atoms with van der Waals surface area (Å²) in [5, 5.41) is 22.6. The van der Waals surface area contributed by atoms with Gasteiger partial charge >= 0.3 is 6.08 Å². The lowest BCUT2D eigenvalue weighted by Gasteiger charge is -2.26. The Bertz CT molecular complexity index is 2680. The summed E-state index contributed by atoms with van der Waals surface area (Å²) >= 11 is 0. The number of phenolic OH excluding ortho intramolecular Hbond substituents is 1. The van der Waals surface area contributed by atoms with E-state index in [1.165, 1.54) is 4.90 Å². The fourth-order valence-corrected chi connectivity index (χ4v) is 6.80. The molecular weight excluding hydrogens is 794 g/mol. The maximum absolute atomic E-state index is 14.6. The number of rotatable bonds is 10. The minimum atomic E-state index is -5.40. The average molecular weight is 815 g/mol. The zero-order valence-electron chi connectivity index (χ0n) is 26.5. The Hall–Kier alpha value is -5.71. The molecule has 0 aliphatic carbocycles. The van der Waals surface area contributed by atoms with Crippen LogP contribution in [0.4, 0.5) is 53.8 Å². The number of ether oxygens (including phenoxy) is 1. The molecule has 0 atom stereocenters. The van der Waals surface area contributed by atoms with Crippen LogP contribution in [0.5, 0.6) is 5.75 Å². The molecule has 27 heteroatoms. The van der Waals surface area contributed by atoms with E-state index in [-0.39, 0.29) is 37.9 Å². The number of azo groups is 1. The van der Waals surface area contributed by atoms with Crippen LogP contribution < -0.4 is 15.5 Å². The third-order valence-electron chi connectivity index (χ3n) is 7.25. The van der Waals surface area contributed by atoms with Gasteiger partial charge in [-0.05, 0) is 41.8 Å². The number of aromatic hydroxyl groups is 1. The van der Waals surface area contributed by atoms with Crippen molar-refractivity contribution in [1.29, 1.82) is 0 Å². The van der Waals surface area contributed by atoms with Crippen molar-refractivity contribution < 1.29 is 61.9 Å². The summed E-state index contributed by atoms with van der Waals surface area (Å²) < 4.78 is 151. The van der Waals surface area contributed by atoms with Crippen LogP contribution in [0.1, 0.15) is 0 Å². The van der Waals surface area contributed by atoms with Gasteiger partial charge in [-0.15, -0.1) is 10.2 Å². The summed E-state index contributed by atoms with van der Waals surface area (Å²) in [4.78, 5) is 16.4. The highest BCUT2D eigenvalue weighted by molar-refractivity contribution is 7.86. The number of hydrogen-bond donors (Lipinski definition) is 6. The summed E-state index contributed by atoms with van der Waals surface area (Å²) in [6.45, 7) is 1.03. The molecule has 21 nitrogen and oxygen atoms in total. The van der Waals surface area contributed by atoms with Gasteiger partial charge in [-0.3, -0.25) is 13.7 Å². The molecule has 3 aromatic carbocycles. The highest BCUT2D eigenvalue weighted by Crippen LogP contribution is 2.46. The van der Waals surface area contributed by atoms with Crippen molar-refractivity contribution >= 4 is 81.7 Å². The van der Waals surface area contributed by atoms with E-state index in [0.717, 1.165) is 24.3 Å². The highest BCUT2D eigenvalue weighted by Gasteiger charge is 2.27. The number of halogens is 3. The molecule has 3 heterocycles. The quantitative estimate of drug-likeness (QED) is 0.0668. The number of aromatic nitrogens is 5. The first kappa shape index (κ1) is 38.0. The van der Waals surface area contributed by atoms with Crippen LogP contribution in [-0.4, -0.2) is 95.2 Å². The molecular formula is C27H21F3N10O11S3. The Morgan fingerprint density at radius 2 is 1.37 bits per heavy atom. The number of morpholine rings is 1. The molecule has 1 fully saturated rings. The Labute approximate surface area is 300 Å². The zero-order valence-corrected chi connectivity index (χ0v) is 28.9. The largest absolute Gasteiger partial charge is 0.505 e. The number of nitrogens with one attached hydrogen (secondary N) is 2. The van der Waals surface area contributed by atoms with E-state index in [9.17, 15) is 57.2 Å². The van der Waals surface area contributed by atoms with Crippen LogP contribution in [0.25, 0.3) is 10.8 Å². The minimum Gasteiger partial charge on any atom is -0.505 e. The van der Waals surface area contributed by atoms with Crippen LogP contribution in [-0.2, 0) is 35.1 Å². The van der Waals surface area contributed by atoms with Crippen LogP contribution in [0.3, 0.4) is 0 Å². The second-order valence-electron chi connectivity index (χ2n) is 10.9. The van der Waals surface area contributed by atoms with Crippen molar-refractivity contribution in [3.8, 4) is 5.75 Å². The molecule has 0 amide bonds. The van der Waals surface area contributed by atoms with Crippen molar-refractivity contribution in [2.24, 2.45) is 10.2 Å². The lowest BCUT2D eigenvalue weighted by atomic mass is 10.1. The van der Waals surface area contributed by atoms with E-state index in [0.29, 0.717) is 18.2 Å². The van der Waals surface area contributed by atoms with E-state index in [4.69, 9.17) is 4.74 Å². The maximum atomic E-state index is 14.6. The molecule has 1 aliphatic heterocycles. The topological polar surface area (TPSA) is 309 Å². The van der Waals surface area contributed by atoms with Crippen LogP contribution in [0, 0.1) is 18.0 Å². The van der Waals surface area contributed by atoms with Crippen molar-refractivity contribution in [1.82, 2.24) is 24.9 Å². The zero-order chi connectivity index (χ0) is 39.2. The normalized spacial score (nSPS) is 14.1.